The SMILES string of the molecule is CC/C(=C\C=C(/C)Cl)CC1CCNCC1. The van der Waals surface area contributed by atoms with Gasteiger partial charge in [-0.1, -0.05) is 30.2 Å². The molecule has 2 heteroatoms. The summed E-state index contributed by atoms with van der Waals surface area (Å²) in [6.07, 6.45) is 9.25. The fraction of sp³-hybridized carbons (Fsp3) is 0.692. The third-order valence-electron chi connectivity index (χ3n) is 3.01. The van der Waals surface area contributed by atoms with Crippen molar-refractivity contribution in [2.45, 2.75) is 39.5 Å². The Balaban J connectivity index is 2.44. The minimum atomic E-state index is 0.867. The van der Waals surface area contributed by atoms with E-state index in [-0.39, 0.29) is 0 Å². The molecule has 0 saturated carbocycles. The second-order valence-corrected chi connectivity index (χ2v) is 4.93. The summed E-state index contributed by atoms with van der Waals surface area (Å²) >= 11 is 5.83. The molecule has 0 amide bonds. The average molecular weight is 228 g/mol. The first-order valence-electron chi connectivity index (χ1n) is 5.95. The highest BCUT2D eigenvalue weighted by Gasteiger charge is 2.13. The van der Waals surface area contributed by atoms with E-state index in [0.717, 1.165) is 17.4 Å². The fourth-order valence-corrected chi connectivity index (χ4v) is 2.08. The molecular formula is C13H22ClN. The van der Waals surface area contributed by atoms with Gasteiger partial charge in [0.1, 0.15) is 0 Å². The number of allylic oxidation sites excluding steroid dienone is 4. The molecule has 0 aromatic heterocycles. The number of rotatable bonds is 4. The lowest BCUT2D eigenvalue weighted by Gasteiger charge is -2.23. The van der Waals surface area contributed by atoms with E-state index in [1.54, 1.807) is 0 Å². The number of hydrogen-bond donors (Lipinski definition) is 1. The summed E-state index contributed by atoms with van der Waals surface area (Å²) in [4.78, 5) is 0. The van der Waals surface area contributed by atoms with E-state index in [4.69, 9.17) is 11.6 Å². The molecule has 0 radical (unpaired) electrons. The Hall–Kier alpha value is -0.270. The van der Waals surface area contributed by atoms with Crippen LogP contribution in [0, 0.1) is 5.92 Å². The smallest absolute Gasteiger partial charge is 0.0149 e. The summed E-state index contributed by atoms with van der Waals surface area (Å²) in [5.74, 6) is 0.876. The number of piperidine rings is 1. The fourth-order valence-electron chi connectivity index (χ4n) is 2.02. The number of hydrogen-bond acceptors (Lipinski definition) is 1. The van der Waals surface area contributed by atoms with Gasteiger partial charge in [0.25, 0.3) is 0 Å². The van der Waals surface area contributed by atoms with Gasteiger partial charge in [0.15, 0.2) is 0 Å². The van der Waals surface area contributed by atoms with E-state index < -0.39 is 0 Å². The van der Waals surface area contributed by atoms with E-state index in [9.17, 15) is 0 Å². The molecule has 1 fully saturated rings. The summed E-state index contributed by atoms with van der Waals surface area (Å²) in [5.41, 5.74) is 1.53. The third-order valence-corrected chi connectivity index (χ3v) is 3.14. The van der Waals surface area contributed by atoms with Crippen LogP contribution in [0.5, 0.6) is 0 Å². The Morgan fingerprint density at radius 2 is 2.00 bits per heavy atom. The summed E-state index contributed by atoms with van der Waals surface area (Å²) in [6, 6.07) is 0. The second kappa shape index (κ2) is 7.08. The molecule has 0 aromatic rings. The van der Waals surface area contributed by atoms with E-state index in [1.165, 1.54) is 37.9 Å². The van der Waals surface area contributed by atoms with Crippen molar-refractivity contribution in [3.63, 3.8) is 0 Å². The molecule has 86 valence electrons. The van der Waals surface area contributed by atoms with Crippen LogP contribution in [-0.4, -0.2) is 13.1 Å². The first-order valence-corrected chi connectivity index (χ1v) is 6.32. The molecule has 0 bridgehead atoms. The van der Waals surface area contributed by atoms with Gasteiger partial charge >= 0.3 is 0 Å². The van der Waals surface area contributed by atoms with Crippen LogP contribution in [-0.2, 0) is 0 Å². The standard InChI is InChI=1S/C13H22ClN/c1-3-12(5-4-11(2)14)10-13-6-8-15-9-7-13/h4-5,13,15H,3,6-10H2,1-2H3/b11-4+,12-5+. The zero-order valence-corrected chi connectivity index (χ0v) is 10.6. The van der Waals surface area contributed by atoms with Gasteiger partial charge in [-0.05, 0) is 57.7 Å². The van der Waals surface area contributed by atoms with Gasteiger partial charge in [-0.25, -0.2) is 0 Å². The minimum absolute atomic E-state index is 0.867. The Labute approximate surface area is 98.6 Å². The molecule has 0 aliphatic carbocycles. The average Bonchev–Trinajstić information content (AvgIpc) is 2.25. The van der Waals surface area contributed by atoms with Crippen LogP contribution in [0.1, 0.15) is 39.5 Å². The van der Waals surface area contributed by atoms with E-state index >= 15 is 0 Å². The highest BCUT2D eigenvalue weighted by molar-refractivity contribution is 6.29. The molecule has 15 heavy (non-hydrogen) atoms. The van der Waals surface area contributed by atoms with Crippen LogP contribution in [0.25, 0.3) is 0 Å². The highest BCUT2D eigenvalue weighted by atomic mass is 35.5. The van der Waals surface area contributed by atoms with Gasteiger partial charge in [-0.3, -0.25) is 0 Å². The second-order valence-electron chi connectivity index (χ2n) is 4.33. The summed E-state index contributed by atoms with van der Waals surface area (Å²) in [7, 11) is 0. The van der Waals surface area contributed by atoms with Crippen molar-refractivity contribution in [3.05, 3.63) is 22.8 Å². The first-order chi connectivity index (χ1) is 7.22. The maximum absolute atomic E-state index is 5.83. The van der Waals surface area contributed by atoms with Crippen LogP contribution in [0.4, 0.5) is 0 Å². The van der Waals surface area contributed by atoms with Crippen LogP contribution >= 0.6 is 11.6 Å². The Morgan fingerprint density at radius 3 is 2.53 bits per heavy atom. The molecule has 1 nitrogen and oxygen atoms in total. The van der Waals surface area contributed by atoms with Crippen molar-refractivity contribution >= 4 is 11.6 Å². The van der Waals surface area contributed by atoms with Gasteiger partial charge in [-0.2, -0.15) is 0 Å². The molecule has 1 saturated heterocycles. The minimum Gasteiger partial charge on any atom is -0.317 e. The maximum atomic E-state index is 5.83. The van der Waals surface area contributed by atoms with E-state index in [0.29, 0.717) is 0 Å². The van der Waals surface area contributed by atoms with Crippen molar-refractivity contribution in [3.8, 4) is 0 Å². The van der Waals surface area contributed by atoms with Crippen LogP contribution < -0.4 is 5.32 Å². The molecule has 0 aromatic carbocycles. The van der Waals surface area contributed by atoms with Gasteiger partial charge in [-0.15, -0.1) is 0 Å². The lowest BCUT2D eigenvalue weighted by atomic mass is 9.90. The predicted octanol–water partition coefficient (Wildman–Crippen LogP) is 3.86. The number of nitrogens with one attached hydrogen (secondary N) is 1. The normalized spacial score (nSPS) is 20.7. The van der Waals surface area contributed by atoms with Crippen LogP contribution in [0.15, 0.2) is 22.8 Å². The lowest BCUT2D eigenvalue weighted by molar-refractivity contribution is 0.370. The van der Waals surface area contributed by atoms with E-state index in [1.807, 2.05) is 13.0 Å². The number of halogens is 1. The largest absolute Gasteiger partial charge is 0.317 e. The van der Waals surface area contributed by atoms with Crippen molar-refractivity contribution in [2.24, 2.45) is 5.92 Å². The van der Waals surface area contributed by atoms with Gasteiger partial charge in [0.2, 0.25) is 0 Å². The van der Waals surface area contributed by atoms with Crippen molar-refractivity contribution in [1.29, 1.82) is 0 Å². The summed E-state index contributed by atoms with van der Waals surface area (Å²) < 4.78 is 0. The molecule has 1 aliphatic heterocycles. The third kappa shape index (κ3) is 5.39. The van der Waals surface area contributed by atoms with Crippen molar-refractivity contribution in [2.75, 3.05) is 13.1 Å². The van der Waals surface area contributed by atoms with Crippen LogP contribution in [0.2, 0.25) is 0 Å². The van der Waals surface area contributed by atoms with Crippen LogP contribution in [0.3, 0.4) is 0 Å². The molecule has 1 aliphatic rings. The Morgan fingerprint density at radius 1 is 1.33 bits per heavy atom. The molecular weight excluding hydrogens is 206 g/mol. The Kier molecular flexibility index (Phi) is 6.04. The Bertz CT molecular complexity index is 233. The molecule has 0 unspecified atom stereocenters. The molecule has 0 atom stereocenters. The predicted molar refractivity (Wildman–Crippen MR) is 68.2 cm³/mol. The molecule has 0 spiro atoms. The first kappa shape index (κ1) is 12.8. The topological polar surface area (TPSA) is 12.0 Å². The summed E-state index contributed by atoms with van der Waals surface area (Å²) in [5, 5.41) is 4.27. The molecule has 1 heterocycles. The van der Waals surface area contributed by atoms with E-state index in [2.05, 4.69) is 18.3 Å². The highest BCUT2D eigenvalue weighted by Crippen LogP contribution is 2.22. The lowest BCUT2D eigenvalue weighted by Crippen LogP contribution is -2.27. The quantitative estimate of drug-likeness (QED) is 0.720. The molecule has 1 rings (SSSR count). The van der Waals surface area contributed by atoms with Crippen molar-refractivity contribution in [1.82, 2.24) is 5.32 Å². The van der Waals surface area contributed by atoms with Gasteiger partial charge < -0.3 is 5.32 Å². The van der Waals surface area contributed by atoms with Gasteiger partial charge in [0, 0.05) is 5.03 Å². The zero-order chi connectivity index (χ0) is 11.1. The van der Waals surface area contributed by atoms with Gasteiger partial charge in [0.05, 0.1) is 0 Å². The zero-order valence-electron chi connectivity index (χ0n) is 9.85. The van der Waals surface area contributed by atoms with Crippen molar-refractivity contribution < 1.29 is 0 Å². The summed E-state index contributed by atoms with van der Waals surface area (Å²) in [6.45, 7) is 6.53. The molecule has 1 N–H and O–H groups in total. The monoisotopic (exact) mass is 227 g/mol. The maximum Gasteiger partial charge on any atom is 0.0149 e.